The first-order chi connectivity index (χ1) is 6.29. The van der Waals surface area contributed by atoms with Gasteiger partial charge in [0.15, 0.2) is 0 Å². The molecule has 0 spiro atoms. The molecule has 1 aromatic heterocycles. The molecule has 3 nitrogen and oxygen atoms in total. The van der Waals surface area contributed by atoms with Crippen molar-refractivity contribution in [2.45, 2.75) is 6.92 Å². The van der Waals surface area contributed by atoms with Crippen LogP contribution in [0.15, 0.2) is 29.9 Å². The van der Waals surface area contributed by atoms with Gasteiger partial charge in [0, 0.05) is 24.5 Å². The number of allylic oxidation sites excluding steroid dienone is 3. The maximum atomic E-state index is 3.94. The summed E-state index contributed by atoms with van der Waals surface area (Å²) in [4.78, 5) is 3.88. The fraction of sp³-hybridized carbons (Fsp3) is 0.200. The SMILES string of the molecule is C=C/C(=C\C=NC)c1cn[nH]c1C. The fourth-order valence-electron chi connectivity index (χ4n) is 1.06. The van der Waals surface area contributed by atoms with Gasteiger partial charge in [0.2, 0.25) is 0 Å². The summed E-state index contributed by atoms with van der Waals surface area (Å²) in [6, 6.07) is 0. The second-order valence-electron chi connectivity index (χ2n) is 2.64. The Hall–Kier alpha value is -1.64. The van der Waals surface area contributed by atoms with Gasteiger partial charge in [-0.3, -0.25) is 10.1 Å². The van der Waals surface area contributed by atoms with Crippen LogP contribution in [0.25, 0.3) is 5.57 Å². The molecule has 0 radical (unpaired) electrons. The molecule has 0 aromatic carbocycles. The summed E-state index contributed by atoms with van der Waals surface area (Å²) in [5.74, 6) is 0. The standard InChI is InChI=1S/C10H13N3/c1-4-9(5-6-11-3)10-7-12-13-8(10)2/h4-7H,1H2,2-3H3,(H,12,13)/b9-5+,11-6?. The summed E-state index contributed by atoms with van der Waals surface area (Å²) in [7, 11) is 1.74. The molecule has 1 aromatic rings. The van der Waals surface area contributed by atoms with E-state index in [2.05, 4.69) is 21.8 Å². The minimum atomic E-state index is 1.02. The average Bonchev–Trinajstić information content (AvgIpc) is 2.54. The van der Waals surface area contributed by atoms with Gasteiger partial charge in [-0.1, -0.05) is 12.7 Å². The number of hydrogen-bond acceptors (Lipinski definition) is 2. The summed E-state index contributed by atoms with van der Waals surface area (Å²) in [5.41, 5.74) is 3.13. The van der Waals surface area contributed by atoms with Crippen LogP contribution in [0.5, 0.6) is 0 Å². The lowest BCUT2D eigenvalue weighted by Crippen LogP contribution is -1.82. The Balaban J connectivity index is 3.04. The Bertz CT molecular complexity index is 345. The molecule has 0 saturated carbocycles. The summed E-state index contributed by atoms with van der Waals surface area (Å²) in [5, 5.41) is 6.82. The van der Waals surface area contributed by atoms with Crippen LogP contribution in [0, 0.1) is 6.92 Å². The van der Waals surface area contributed by atoms with E-state index in [-0.39, 0.29) is 0 Å². The lowest BCUT2D eigenvalue weighted by molar-refractivity contribution is 1.05. The third-order valence-electron chi connectivity index (χ3n) is 1.76. The van der Waals surface area contributed by atoms with Crippen LogP contribution in [-0.2, 0) is 0 Å². The number of H-pyrrole nitrogens is 1. The van der Waals surface area contributed by atoms with Gasteiger partial charge in [0.1, 0.15) is 0 Å². The van der Waals surface area contributed by atoms with Gasteiger partial charge in [-0.15, -0.1) is 0 Å². The number of aromatic amines is 1. The van der Waals surface area contributed by atoms with E-state index in [4.69, 9.17) is 0 Å². The van der Waals surface area contributed by atoms with Crippen molar-refractivity contribution >= 4 is 11.8 Å². The molecule has 0 aliphatic rings. The highest BCUT2D eigenvalue weighted by molar-refractivity contribution is 5.88. The van der Waals surface area contributed by atoms with Crippen LogP contribution in [0.2, 0.25) is 0 Å². The van der Waals surface area contributed by atoms with Crippen LogP contribution >= 0.6 is 0 Å². The fourth-order valence-corrected chi connectivity index (χ4v) is 1.06. The highest BCUT2D eigenvalue weighted by Crippen LogP contribution is 2.16. The topological polar surface area (TPSA) is 41.0 Å². The third kappa shape index (κ3) is 2.15. The Morgan fingerprint density at radius 1 is 1.69 bits per heavy atom. The molecule has 0 unspecified atom stereocenters. The van der Waals surface area contributed by atoms with Crippen molar-refractivity contribution in [1.82, 2.24) is 10.2 Å². The van der Waals surface area contributed by atoms with Gasteiger partial charge in [0.05, 0.1) is 6.20 Å². The second-order valence-corrected chi connectivity index (χ2v) is 2.64. The van der Waals surface area contributed by atoms with Gasteiger partial charge in [0.25, 0.3) is 0 Å². The zero-order valence-electron chi connectivity index (χ0n) is 7.91. The number of aromatic nitrogens is 2. The number of nitrogens with zero attached hydrogens (tertiary/aromatic N) is 2. The Morgan fingerprint density at radius 2 is 2.46 bits per heavy atom. The van der Waals surface area contributed by atoms with Gasteiger partial charge < -0.3 is 0 Å². The van der Waals surface area contributed by atoms with Crippen molar-refractivity contribution in [2.24, 2.45) is 4.99 Å². The van der Waals surface area contributed by atoms with Crippen molar-refractivity contribution in [1.29, 1.82) is 0 Å². The van der Waals surface area contributed by atoms with Crippen LogP contribution in [-0.4, -0.2) is 23.5 Å². The minimum absolute atomic E-state index is 1.02. The molecule has 1 N–H and O–H groups in total. The number of aryl methyl sites for hydroxylation is 1. The van der Waals surface area contributed by atoms with E-state index >= 15 is 0 Å². The third-order valence-corrected chi connectivity index (χ3v) is 1.76. The zero-order chi connectivity index (χ0) is 9.68. The number of aliphatic imine (C=N–C) groups is 1. The molecule has 3 heteroatoms. The smallest absolute Gasteiger partial charge is 0.0568 e. The van der Waals surface area contributed by atoms with E-state index in [9.17, 15) is 0 Å². The van der Waals surface area contributed by atoms with Crippen molar-refractivity contribution in [3.05, 3.63) is 36.2 Å². The highest BCUT2D eigenvalue weighted by Gasteiger charge is 2.01. The predicted molar refractivity (Wildman–Crippen MR) is 55.9 cm³/mol. The predicted octanol–water partition coefficient (Wildman–Crippen LogP) is 1.99. The number of nitrogens with one attached hydrogen (secondary N) is 1. The van der Waals surface area contributed by atoms with Gasteiger partial charge in [-0.05, 0) is 18.6 Å². The summed E-state index contributed by atoms with van der Waals surface area (Å²) >= 11 is 0. The van der Waals surface area contributed by atoms with Crippen molar-refractivity contribution in [3.8, 4) is 0 Å². The van der Waals surface area contributed by atoms with Gasteiger partial charge in [-0.25, -0.2) is 0 Å². The molecule has 0 bridgehead atoms. The molecular weight excluding hydrogens is 162 g/mol. The monoisotopic (exact) mass is 175 g/mol. The molecule has 0 atom stereocenters. The molecule has 0 aliphatic heterocycles. The summed E-state index contributed by atoms with van der Waals surface area (Å²) in [6.07, 6.45) is 7.22. The molecule has 1 rings (SSSR count). The van der Waals surface area contributed by atoms with E-state index in [1.54, 1.807) is 25.5 Å². The second kappa shape index (κ2) is 4.40. The normalized spacial score (nSPS) is 12.3. The maximum Gasteiger partial charge on any atom is 0.0568 e. The number of hydrogen-bond donors (Lipinski definition) is 1. The molecule has 1 heterocycles. The summed E-state index contributed by atoms with van der Waals surface area (Å²) in [6.45, 7) is 5.71. The van der Waals surface area contributed by atoms with Crippen molar-refractivity contribution < 1.29 is 0 Å². The van der Waals surface area contributed by atoms with Gasteiger partial charge >= 0.3 is 0 Å². The first-order valence-electron chi connectivity index (χ1n) is 4.04. The maximum absolute atomic E-state index is 3.94. The van der Waals surface area contributed by atoms with Crippen molar-refractivity contribution in [2.75, 3.05) is 7.05 Å². The molecule has 13 heavy (non-hydrogen) atoms. The summed E-state index contributed by atoms with van der Waals surface area (Å²) < 4.78 is 0. The largest absolute Gasteiger partial charge is 0.296 e. The Morgan fingerprint density at radius 3 is 2.92 bits per heavy atom. The van der Waals surface area contributed by atoms with Crippen LogP contribution in [0.3, 0.4) is 0 Å². The van der Waals surface area contributed by atoms with E-state index < -0.39 is 0 Å². The van der Waals surface area contributed by atoms with Gasteiger partial charge in [-0.2, -0.15) is 5.10 Å². The van der Waals surface area contributed by atoms with Crippen LogP contribution in [0.1, 0.15) is 11.3 Å². The molecule has 0 saturated heterocycles. The number of rotatable bonds is 3. The molecule has 0 amide bonds. The van der Waals surface area contributed by atoms with E-state index in [1.165, 1.54) is 0 Å². The van der Waals surface area contributed by atoms with E-state index in [1.807, 2.05) is 13.0 Å². The molecule has 0 aliphatic carbocycles. The van der Waals surface area contributed by atoms with Crippen molar-refractivity contribution in [3.63, 3.8) is 0 Å². The minimum Gasteiger partial charge on any atom is -0.296 e. The Kier molecular flexibility index (Phi) is 3.20. The van der Waals surface area contributed by atoms with E-state index in [0.29, 0.717) is 0 Å². The first-order valence-corrected chi connectivity index (χ1v) is 4.04. The van der Waals surface area contributed by atoms with Crippen LogP contribution in [0.4, 0.5) is 0 Å². The van der Waals surface area contributed by atoms with E-state index in [0.717, 1.165) is 16.8 Å². The quantitative estimate of drug-likeness (QED) is 0.554. The zero-order valence-corrected chi connectivity index (χ0v) is 7.91. The highest BCUT2D eigenvalue weighted by atomic mass is 15.1. The lowest BCUT2D eigenvalue weighted by atomic mass is 10.1. The molecule has 0 fully saturated rings. The average molecular weight is 175 g/mol. The van der Waals surface area contributed by atoms with Crippen LogP contribution < -0.4 is 0 Å². The molecule has 68 valence electrons. The molecular formula is C10H13N3. The Labute approximate surface area is 77.9 Å². The lowest BCUT2D eigenvalue weighted by Gasteiger charge is -1.96. The first kappa shape index (κ1) is 9.45.